The van der Waals surface area contributed by atoms with Crippen LogP contribution >= 0.6 is 0 Å². The Bertz CT molecular complexity index is 586. The molecular formula is C21H34N4O2. The third-order valence-electron chi connectivity index (χ3n) is 4.52. The number of guanidine groups is 1. The van der Waals surface area contributed by atoms with Crippen LogP contribution in [0.15, 0.2) is 29.3 Å². The highest BCUT2D eigenvalue weighted by Gasteiger charge is 2.18. The van der Waals surface area contributed by atoms with Crippen molar-refractivity contribution in [1.82, 2.24) is 15.5 Å². The molecule has 6 nitrogen and oxygen atoms in total. The summed E-state index contributed by atoms with van der Waals surface area (Å²) in [6.45, 7) is 9.03. The van der Waals surface area contributed by atoms with E-state index in [2.05, 4.69) is 41.6 Å². The Hall–Kier alpha value is -2.24. The number of rotatable bonds is 11. The van der Waals surface area contributed by atoms with Gasteiger partial charge in [-0.2, -0.15) is 0 Å². The number of nitrogens with one attached hydrogen (secondary N) is 2. The van der Waals surface area contributed by atoms with Crippen molar-refractivity contribution in [3.05, 3.63) is 29.8 Å². The molecule has 2 rings (SSSR count). The predicted octanol–water partition coefficient (Wildman–Crippen LogP) is 2.72. The maximum absolute atomic E-state index is 11.6. The first-order valence-corrected chi connectivity index (χ1v) is 10.2. The van der Waals surface area contributed by atoms with Gasteiger partial charge >= 0.3 is 0 Å². The molecule has 1 aromatic carbocycles. The van der Waals surface area contributed by atoms with E-state index in [4.69, 9.17) is 4.74 Å². The summed E-state index contributed by atoms with van der Waals surface area (Å²) in [5, 5.41) is 6.64. The fourth-order valence-electron chi connectivity index (χ4n) is 2.99. The first-order chi connectivity index (χ1) is 13.2. The number of hydrogen-bond acceptors (Lipinski definition) is 3. The van der Waals surface area contributed by atoms with E-state index in [0.717, 1.165) is 76.7 Å². The van der Waals surface area contributed by atoms with Crippen molar-refractivity contribution in [2.45, 2.75) is 46.0 Å². The van der Waals surface area contributed by atoms with Crippen LogP contribution in [-0.4, -0.2) is 56.1 Å². The minimum atomic E-state index is 0.289. The third kappa shape index (κ3) is 8.33. The summed E-state index contributed by atoms with van der Waals surface area (Å²) in [6.07, 6.45) is 4.64. The average Bonchev–Trinajstić information content (AvgIpc) is 3.07. The topological polar surface area (TPSA) is 66.0 Å². The van der Waals surface area contributed by atoms with Crippen molar-refractivity contribution < 1.29 is 9.53 Å². The molecule has 1 amide bonds. The van der Waals surface area contributed by atoms with Gasteiger partial charge in [0.05, 0.1) is 6.61 Å². The molecule has 1 fully saturated rings. The number of ether oxygens (including phenoxy) is 1. The lowest BCUT2D eigenvalue weighted by molar-refractivity contribution is -0.127. The normalized spacial score (nSPS) is 14.5. The molecule has 0 aliphatic carbocycles. The Morgan fingerprint density at radius 3 is 2.70 bits per heavy atom. The number of benzene rings is 1. The second-order valence-electron chi connectivity index (χ2n) is 6.89. The summed E-state index contributed by atoms with van der Waals surface area (Å²) in [7, 11) is 0. The second-order valence-corrected chi connectivity index (χ2v) is 6.89. The number of aryl methyl sites for hydroxylation is 1. The lowest BCUT2D eigenvalue weighted by Gasteiger charge is -2.15. The molecule has 0 radical (unpaired) electrons. The molecule has 0 atom stereocenters. The molecule has 0 unspecified atom stereocenters. The van der Waals surface area contributed by atoms with Crippen molar-refractivity contribution in [3.8, 4) is 5.75 Å². The molecule has 0 spiro atoms. The van der Waals surface area contributed by atoms with Crippen LogP contribution in [-0.2, 0) is 4.79 Å². The molecule has 1 saturated heterocycles. The summed E-state index contributed by atoms with van der Waals surface area (Å²) in [5.74, 6) is 2.07. The van der Waals surface area contributed by atoms with E-state index in [1.165, 1.54) is 5.56 Å². The van der Waals surface area contributed by atoms with Gasteiger partial charge in [0, 0.05) is 39.1 Å². The Morgan fingerprint density at radius 2 is 2.00 bits per heavy atom. The van der Waals surface area contributed by atoms with E-state index < -0.39 is 0 Å². The molecule has 1 aromatic rings. The molecule has 6 heteroatoms. The molecule has 1 aliphatic heterocycles. The first kappa shape index (κ1) is 21.1. The zero-order valence-corrected chi connectivity index (χ0v) is 16.8. The highest BCUT2D eigenvalue weighted by molar-refractivity contribution is 5.79. The standard InChI is InChI=1S/C21H34N4O2/c1-3-22-21(24-14-7-16-25-15-6-8-20(25)26)23-13-4-5-17-27-19-11-9-18(2)10-12-19/h9-12H,3-8,13-17H2,1-2H3,(H2,22,23,24). The Kier molecular flexibility index (Phi) is 9.52. The van der Waals surface area contributed by atoms with Gasteiger partial charge in [0.2, 0.25) is 5.91 Å². The van der Waals surface area contributed by atoms with Crippen LogP contribution in [0.3, 0.4) is 0 Å². The summed E-state index contributed by atoms with van der Waals surface area (Å²) >= 11 is 0. The molecule has 2 N–H and O–H groups in total. The van der Waals surface area contributed by atoms with E-state index in [-0.39, 0.29) is 5.91 Å². The van der Waals surface area contributed by atoms with E-state index in [1.807, 2.05) is 17.0 Å². The maximum atomic E-state index is 11.6. The number of amides is 1. The number of carbonyl (C=O) groups is 1. The lowest BCUT2D eigenvalue weighted by Crippen LogP contribution is -2.38. The van der Waals surface area contributed by atoms with Gasteiger partial charge in [-0.3, -0.25) is 9.79 Å². The van der Waals surface area contributed by atoms with Crippen LogP contribution in [0.25, 0.3) is 0 Å². The quantitative estimate of drug-likeness (QED) is 0.355. The largest absolute Gasteiger partial charge is 0.494 e. The zero-order chi connectivity index (χ0) is 19.3. The molecule has 1 aliphatic rings. The van der Waals surface area contributed by atoms with Gasteiger partial charge in [0.25, 0.3) is 0 Å². The summed E-state index contributed by atoms with van der Waals surface area (Å²) in [5.41, 5.74) is 1.24. The monoisotopic (exact) mass is 374 g/mol. The van der Waals surface area contributed by atoms with Crippen molar-refractivity contribution in [2.24, 2.45) is 4.99 Å². The van der Waals surface area contributed by atoms with Gasteiger partial charge in [-0.1, -0.05) is 17.7 Å². The van der Waals surface area contributed by atoms with Gasteiger partial charge in [-0.05, 0) is 51.7 Å². The number of likely N-dealkylation sites (tertiary alicyclic amines) is 1. The van der Waals surface area contributed by atoms with Gasteiger partial charge in [-0.15, -0.1) is 0 Å². The molecular weight excluding hydrogens is 340 g/mol. The number of hydrogen-bond donors (Lipinski definition) is 2. The lowest BCUT2D eigenvalue weighted by atomic mass is 10.2. The van der Waals surface area contributed by atoms with Crippen LogP contribution in [0.5, 0.6) is 5.75 Å². The van der Waals surface area contributed by atoms with Crippen LogP contribution in [0.4, 0.5) is 0 Å². The number of aliphatic imine (C=N–C) groups is 1. The Labute approximate surface area is 163 Å². The minimum absolute atomic E-state index is 0.289. The number of unbranched alkanes of at least 4 members (excludes halogenated alkanes) is 1. The molecule has 27 heavy (non-hydrogen) atoms. The Morgan fingerprint density at radius 1 is 1.19 bits per heavy atom. The fourth-order valence-corrected chi connectivity index (χ4v) is 2.99. The maximum Gasteiger partial charge on any atom is 0.222 e. The van der Waals surface area contributed by atoms with Gasteiger partial charge in [0.15, 0.2) is 5.96 Å². The Balaban J connectivity index is 1.56. The number of carbonyl (C=O) groups excluding carboxylic acids is 1. The predicted molar refractivity (Wildman–Crippen MR) is 110 cm³/mol. The van der Waals surface area contributed by atoms with E-state index >= 15 is 0 Å². The first-order valence-electron chi connectivity index (χ1n) is 10.2. The molecule has 0 saturated carbocycles. The number of nitrogens with zero attached hydrogens (tertiary/aromatic N) is 2. The van der Waals surface area contributed by atoms with Gasteiger partial charge < -0.3 is 20.3 Å². The van der Waals surface area contributed by atoms with Crippen LogP contribution < -0.4 is 15.4 Å². The van der Waals surface area contributed by atoms with Crippen molar-refractivity contribution in [3.63, 3.8) is 0 Å². The highest BCUT2D eigenvalue weighted by Crippen LogP contribution is 2.11. The molecule has 0 bridgehead atoms. The highest BCUT2D eigenvalue weighted by atomic mass is 16.5. The van der Waals surface area contributed by atoms with E-state index in [1.54, 1.807) is 0 Å². The van der Waals surface area contributed by atoms with Crippen LogP contribution in [0, 0.1) is 6.92 Å². The molecule has 150 valence electrons. The SMILES string of the molecule is CCNC(=NCCCN1CCCC1=O)NCCCCOc1ccc(C)cc1. The van der Waals surface area contributed by atoms with E-state index in [9.17, 15) is 4.79 Å². The second kappa shape index (κ2) is 12.2. The zero-order valence-electron chi connectivity index (χ0n) is 16.8. The summed E-state index contributed by atoms with van der Waals surface area (Å²) in [6, 6.07) is 8.16. The van der Waals surface area contributed by atoms with E-state index in [0.29, 0.717) is 6.42 Å². The van der Waals surface area contributed by atoms with Crippen molar-refractivity contribution in [1.29, 1.82) is 0 Å². The fraction of sp³-hybridized carbons (Fsp3) is 0.619. The average molecular weight is 375 g/mol. The summed E-state index contributed by atoms with van der Waals surface area (Å²) < 4.78 is 5.75. The van der Waals surface area contributed by atoms with Crippen LogP contribution in [0.2, 0.25) is 0 Å². The van der Waals surface area contributed by atoms with Gasteiger partial charge in [-0.25, -0.2) is 0 Å². The minimum Gasteiger partial charge on any atom is -0.494 e. The summed E-state index contributed by atoms with van der Waals surface area (Å²) in [4.78, 5) is 18.1. The third-order valence-corrected chi connectivity index (χ3v) is 4.52. The van der Waals surface area contributed by atoms with Crippen LogP contribution in [0.1, 0.15) is 44.6 Å². The van der Waals surface area contributed by atoms with Crippen molar-refractivity contribution >= 4 is 11.9 Å². The smallest absolute Gasteiger partial charge is 0.222 e. The molecule has 1 heterocycles. The van der Waals surface area contributed by atoms with Crippen molar-refractivity contribution in [2.75, 3.05) is 39.3 Å². The van der Waals surface area contributed by atoms with Gasteiger partial charge in [0.1, 0.15) is 5.75 Å². The molecule has 0 aromatic heterocycles.